The highest BCUT2D eigenvalue weighted by atomic mass is 35.5. The molecule has 1 fully saturated rings. The van der Waals surface area contributed by atoms with Gasteiger partial charge in [0.15, 0.2) is 5.11 Å². The first-order valence-electron chi connectivity index (χ1n) is 5.97. The van der Waals surface area contributed by atoms with Gasteiger partial charge in [-0.05, 0) is 43.1 Å². The summed E-state index contributed by atoms with van der Waals surface area (Å²) in [5.74, 6) is 0.717. The van der Waals surface area contributed by atoms with Crippen molar-refractivity contribution in [1.82, 2.24) is 4.90 Å². The van der Waals surface area contributed by atoms with Gasteiger partial charge in [0.25, 0.3) is 0 Å². The number of rotatable bonds is 1. The number of anilines is 1. The van der Waals surface area contributed by atoms with Gasteiger partial charge in [-0.1, -0.05) is 30.7 Å². The van der Waals surface area contributed by atoms with Gasteiger partial charge in [0.2, 0.25) is 0 Å². The zero-order chi connectivity index (χ0) is 12.3. The number of halogens is 1. The van der Waals surface area contributed by atoms with Crippen LogP contribution in [0.3, 0.4) is 0 Å². The maximum atomic E-state index is 6.10. The second kappa shape index (κ2) is 5.69. The fourth-order valence-corrected chi connectivity index (χ4v) is 2.59. The molecule has 1 saturated heterocycles. The van der Waals surface area contributed by atoms with Crippen LogP contribution in [0.25, 0.3) is 0 Å². The first-order valence-corrected chi connectivity index (χ1v) is 6.76. The summed E-state index contributed by atoms with van der Waals surface area (Å²) in [4.78, 5) is 2.23. The largest absolute Gasteiger partial charge is 0.349 e. The molecular weight excluding hydrogens is 252 g/mol. The standard InChI is InChI=1S/C13H17ClN2S/c1-10-5-4-8-16(9-10)13(17)15-12-7-3-2-6-11(12)14/h2-3,6-7,10H,4-5,8-9H2,1H3,(H,15,17). The van der Waals surface area contributed by atoms with Crippen molar-refractivity contribution in [2.24, 2.45) is 5.92 Å². The summed E-state index contributed by atoms with van der Waals surface area (Å²) in [6.07, 6.45) is 2.51. The van der Waals surface area contributed by atoms with Crippen LogP contribution in [-0.2, 0) is 0 Å². The number of nitrogens with one attached hydrogen (secondary N) is 1. The average Bonchev–Trinajstić information content (AvgIpc) is 2.32. The van der Waals surface area contributed by atoms with Crippen LogP contribution in [0.5, 0.6) is 0 Å². The minimum absolute atomic E-state index is 0.708. The molecule has 92 valence electrons. The van der Waals surface area contributed by atoms with Gasteiger partial charge in [0.05, 0.1) is 10.7 Å². The topological polar surface area (TPSA) is 15.3 Å². The van der Waals surface area contributed by atoms with Crippen LogP contribution in [0.15, 0.2) is 24.3 Å². The lowest BCUT2D eigenvalue weighted by atomic mass is 10.0. The normalized spacial score (nSPS) is 20.1. The molecule has 17 heavy (non-hydrogen) atoms. The van der Waals surface area contributed by atoms with Crippen LogP contribution >= 0.6 is 23.8 Å². The van der Waals surface area contributed by atoms with Gasteiger partial charge in [-0.15, -0.1) is 0 Å². The highest BCUT2D eigenvalue weighted by molar-refractivity contribution is 7.80. The number of para-hydroxylation sites is 1. The Morgan fingerprint density at radius 1 is 1.47 bits per heavy atom. The van der Waals surface area contributed by atoms with Crippen molar-refractivity contribution in [3.05, 3.63) is 29.3 Å². The Morgan fingerprint density at radius 3 is 2.94 bits per heavy atom. The molecule has 0 saturated carbocycles. The summed E-state index contributed by atoms with van der Waals surface area (Å²) < 4.78 is 0. The highest BCUT2D eigenvalue weighted by Crippen LogP contribution is 2.22. The first kappa shape index (κ1) is 12.7. The lowest BCUT2D eigenvalue weighted by Gasteiger charge is -2.33. The summed E-state index contributed by atoms with van der Waals surface area (Å²) >= 11 is 11.5. The summed E-state index contributed by atoms with van der Waals surface area (Å²) in [5, 5.41) is 4.72. The average molecular weight is 269 g/mol. The first-order chi connectivity index (χ1) is 8.16. The number of nitrogens with zero attached hydrogens (tertiary/aromatic N) is 1. The molecule has 0 bridgehead atoms. The van der Waals surface area contributed by atoms with Gasteiger partial charge in [-0.2, -0.15) is 0 Å². The molecule has 0 amide bonds. The Kier molecular flexibility index (Phi) is 4.24. The number of hydrogen-bond donors (Lipinski definition) is 1. The van der Waals surface area contributed by atoms with Crippen molar-refractivity contribution >= 4 is 34.6 Å². The molecule has 0 spiro atoms. The predicted octanol–water partition coefficient (Wildman–Crippen LogP) is 3.77. The van der Waals surface area contributed by atoms with Crippen LogP contribution in [0.4, 0.5) is 5.69 Å². The van der Waals surface area contributed by atoms with Gasteiger partial charge in [0, 0.05) is 13.1 Å². The molecule has 1 N–H and O–H groups in total. The van der Waals surface area contributed by atoms with Crippen molar-refractivity contribution < 1.29 is 0 Å². The van der Waals surface area contributed by atoms with E-state index in [2.05, 4.69) is 17.1 Å². The molecule has 1 atom stereocenters. The number of piperidine rings is 1. The van der Waals surface area contributed by atoms with Gasteiger partial charge in [0.1, 0.15) is 0 Å². The molecule has 2 nitrogen and oxygen atoms in total. The molecule has 0 aromatic heterocycles. The van der Waals surface area contributed by atoms with E-state index >= 15 is 0 Å². The minimum atomic E-state index is 0.708. The molecule has 1 aromatic rings. The van der Waals surface area contributed by atoms with Crippen molar-refractivity contribution in [3.8, 4) is 0 Å². The van der Waals surface area contributed by atoms with E-state index < -0.39 is 0 Å². The lowest BCUT2D eigenvalue weighted by molar-refractivity contribution is 0.276. The quantitative estimate of drug-likeness (QED) is 0.781. The molecule has 0 aliphatic carbocycles. The third-order valence-electron chi connectivity index (χ3n) is 3.06. The number of likely N-dealkylation sites (tertiary alicyclic amines) is 1. The molecule has 0 radical (unpaired) electrons. The zero-order valence-electron chi connectivity index (χ0n) is 9.95. The van der Waals surface area contributed by atoms with Crippen LogP contribution < -0.4 is 5.32 Å². The van der Waals surface area contributed by atoms with E-state index in [9.17, 15) is 0 Å². The fourth-order valence-electron chi connectivity index (χ4n) is 2.13. The van der Waals surface area contributed by atoms with E-state index in [0.717, 1.165) is 29.8 Å². The van der Waals surface area contributed by atoms with E-state index in [0.29, 0.717) is 5.02 Å². The Balaban J connectivity index is 1.99. The Labute approximate surface area is 113 Å². The van der Waals surface area contributed by atoms with Gasteiger partial charge < -0.3 is 10.2 Å². The number of hydrogen-bond acceptors (Lipinski definition) is 1. The van der Waals surface area contributed by atoms with Crippen molar-refractivity contribution in [3.63, 3.8) is 0 Å². The number of benzene rings is 1. The summed E-state index contributed by atoms with van der Waals surface area (Å²) in [5.41, 5.74) is 0.886. The van der Waals surface area contributed by atoms with E-state index in [1.807, 2.05) is 24.3 Å². The molecule has 1 unspecified atom stereocenters. The van der Waals surface area contributed by atoms with E-state index in [-0.39, 0.29) is 0 Å². The highest BCUT2D eigenvalue weighted by Gasteiger charge is 2.18. The van der Waals surface area contributed by atoms with E-state index in [4.69, 9.17) is 23.8 Å². The Bertz CT molecular complexity index is 408. The third-order valence-corrected chi connectivity index (χ3v) is 3.75. The zero-order valence-corrected chi connectivity index (χ0v) is 11.5. The van der Waals surface area contributed by atoms with Crippen molar-refractivity contribution in [1.29, 1.82) is 0 Å². The maximum absolute atomic E-state index is 6.10. The Hall–Kier alpha value is -0.800. The minimum Gasteiger partial charge on any atom is -0.349 e. The molecule has 1 aliphatic heterocycles. The van der Waals surface area contributed by atoms with Gasteiger partial charge in [-0.3, -0.25) is 0 Å². The van der Waals surface area contributed by atoms with Gasteiger partial charge in [-0.25, -0.2) is 0 Å². The van der Waals surface area contributed by atoms with E-state index in [1.54, 1.807) is 0 Å². The predicted molar refractivity (Wildman–Crippen MR) is 77.6 cm³/mol. The molecule has 1 heterocycles. The van der Waals surface area contributed by atoms with E-state index in [1.165, 1.54) is 12.8 Å². The second-order valence-electron chi connectivity index (χ2n) is 4.60. The third kappa shape index (κ3) is 3.33. The van der Waals surface area contributed by atoms with Crippen LogP contribution in [0, 0.1) is 5.92 Å². The molecule has 4 heteroatoms. The van der Waals surface area contributed by atoms with Gasteiger partial charge >= 0.3 is 0 Å². The van der Waals surface area contributed by atoms with Crippen molar-refractivity contribution in [2.45, 2.75) is 19.8 Å². The lowest BCUT2D eigenvalue weighted by Crippen LogP contribution is -2.41. The second-order valence-corrected chi connectivity index (χ2v) is 5.40. The molecule has 1 aromatic carbocycles. The summed E-state index contributed by atoms with van der Waals surface area (Å²) in [6, 6.07) is 7.68. The SMILES string of the molecule is CC1CCCN(C(=S)Nc2ccccc2Cl)C1. The monoisotopic (exact) mass is 268 g/mol. The maximum Gasteiger partial charge on any atom is 0.173 e. The smallest absolute Gasteiger partial charge is 0.173 e. The van der Waals surface area contributed by atoms with Crippen LogP contribution in [0.1, 0.15) is 19.8 Å². The molecular formula is C13H17ClN2S. The Morgan fingerprint density at radius 2 is 2.24 bits per heavy atom. The molecule has 2 rings (SSSR count). The van der Waals surface area contributed by atoms with Crippen molar-refractivity contribution in [2.75, 3.05) is 18.4 Å². The summed E-state index contributed by atoms with van der Waals surface area (Å²) in [7, 11) is 0. The number of thiocarbonyl (C=S) groups is 1. The summed E-state index contributed by atoms with van der Waals surface area (Å²) in [6.45, 7) is 4.35. The van der Waals surface area contributed by atoms with Crippen LogP contribution in [-0.4, -0.2) is 23.1 Å². The fraction of sp³-hybridized carbons (Fsp3) is 0.462. The van der Waals surface area contributed by atoms with Crippen LogP contribution in [0.2, 0.25) is 5.02 Å². The molecule has 1 aliphatic rings.